The van der Waals surface area contributed by atoms with E-state index >= 15 is 0 Å². The molecule has 0 N–H and O–H groups in total. The molecule has 1 aliphatic carbocycles. The average molecular weight is 385 g/mol. The number of thiophene rings is 1. The lowest BCUT2D eigenvalue weighted by Crippen LogP contribution is -2.23. The summed E-state index contributed by atoms with van der Waals surface area (Å²) >= 11 is 1.64. The monoisotopic (exact) mass is 385 g/mol. The maximum atomic E-state index is 12.9. The fourth-order valence-corrected chi connectivity index (χ4v) is 4.69. The number of hydrogen-bond acceptors (Lipinski definition) is 6. The van der Waals surface area contributed by atoms with E-state index in [0.717, 1.165) is 29.5 Å². The maximum Gasteiger partial charge on any atom is 0.273 e. The molecule has 0 aliphatic heterocycles. The third kappa shape index (κ3) is 3.57. The second-order valence-electron chi connectivity index (χ2n) is 6.59. The van der Waals surface area contributed by atoms with Gasteiger partial charge in [-0.15, -0.1) is 11.3 Å². The van der Waals surface area contributed by atoms with Crippen LogP contribution in [0.1, 0.15) is 29.7 Å². The Balaban J connectivity index is 1.53. The molecular formula is C19H19N3O4S. The summed E-state index contributed by atoms with van der Waals surface area (Å²) in [5.41, 5.74) is 1.13. The van der Waals surface area contributed by atoms with Crippen LogP contribution < -0.4 is 10.3 Å². The number of non-ortho nitro benzene ring substituents is 1. The van der Waals surface area contributed by atoms with Gasteiger partial charge < -0.3 is 4.74 Å². The highest BCUT2D eigenvalue weighted by atomic mass is 32.1. The molecule has 140 valence electrons. The zero-order valence-electron chi connectivity index (χ0n) is 14.7. The Hall–Kier alpha value is -2.74. The highest BCUT2D eigenvalue weighted by Crippen LogP contribution is 2.32. The molecule has 0 fully saturated rings. The topological polar surface area (TPSA) is 87.3 Å². The molecule has 0 amide bonds. The van der Waals surface area contributed by atoms with Crippen molar-refractivity contribution < 1.29 is 9.66 Å². The molecule has 0 atom stereocenters. The molecule has 3 aromatic rings. The Morgan fingerprint density at radius 1 is 1.26 bits per heavy atom. The van der Waals surface area contributed by atoms with Gasteiger partial charge in [-0.25, -0.2) is 4.98 Å². The van der Waals surface area contributed by atoms with Crippen LogP contribution in [0.15, 0.2) is 35.4 Å². The molecule has 0 bridgehead atoms. The molecule has 0 unspecified atom stereocenters. The van der Waals surface area contributed by atoms with Crippen LogP contribution in [0.4, 0.5) is 5.69 Å². The van der Waals surface area contributed by atoms with Crippen LogP contribution in [0.3, 0.4) is 0 Å². The van der Waals surface area contributed by atoms with E-state index in [-0.39, 0.29) is 17.9 Å². The Labute approximate surface area is 159 Å². The number of nitrogens with zero attached hydrogens (tertiary/aromatic N) is 3. The van der Waals surface area contributed by atoms with Gasteiger partial charge in [0.1, 0.15) is 17.2 Å². The summed E-state index contributed by atoms with van der Waals surface area (Å²) in [6.07, 6.45) is 7.03. The Bertz CT molecular complexity index is 1060. The van der Waals surface area contributed by atoms with Gasteiger partial charge in [-0.3, -0.25) is 19.5 Å². The van der Waals surface area contributed by atoms with Gasteiger partial charge in [-0.05, 0) is 37.3 Å². The molecule has 0 saturated heterocycles. The largest absolute Gasteiger partial charge is 0.491 e. The van der Waals surface area contributed by atoms with Crippen molar-refractivity contribution in [3.8, 4) is 5.75 Å². The van der Waals surface area contributed by atoms with Crippen molar-refractivity contribution in [3.63, 3.8) is 0 Å². The predicted octanol–water partition coefficient (Wildman–Crippen LogP) is 3.71. The number of nitro groups is 1. The second-order valence-corrected chi connectivity index (χ2v) is 7.67. The Morgan fingerprint density at radius 2 is 2.11 bits per heavy atom. The fraction of sp³-hybridized carbons (Fsp3) is 0.368. The van der Waals surface area contributed by atoms with E-state index in [1.807, 2.05) is 0 Å². The van der Waals surface area contributed by atoms with E-state index in [9.17, 15) is 14.9 Å². The maximum absolute atomic E-state index is 12.9. The smallest absolute Gasteiger partial charge is 0.273 e. The quantitative estimate of drug-likeness (QED) is 0.379. The molecular weight excluding hydrogens is 366 g/mol. The molecule has 1 aliphatic rings. The summed E-state index contributed by atoms with van der Waals surface area (Å²) in [4.78, 5) is 29.9. The standard InChI is InChI=1S/C19H19N3O4S/c23-19-17-15-7-2-1-3-8-16(15)27-18(17)20-12-21(19)9-10-26-14-6-4-5-13(11-14)22(24)25/h4-6,11-12H,1-3,7-10H2. The summed E-state index contributed by atoms with van der Waals surface area (Å²) in [5, 5.41) is 11.6. The first-order chi connectivity index (χ1) is 13.1. The van der Waals surface area contributed by atoms with Gasteiger partial charge in [-0.2, -0.15) is 0 Å². The lowest BCUT2D eigenvalue weighted by atomic mass is 10.1. The summed E-state index contributed by atoms with van der Waals surface area (Å²) < 4.78 is 7.16. The first-order valence-corrected chi connectivity index (χ1v) is 9.82. The number of fused-ring (bicyclic) bond motifs is 3. The molecule has 7 nitrogen and oxygen atoms in total. The van der Waals surface area contributed by atoms with E-state index in [4.69, 9.17) is 4.74 Å². The minimum atomic E-state index is -0.461. The van der Waals surface area contributed by atoms with Crippen molar-refractivity contribution in [3.05, 3.63) is 61.5 Å². The van der Waals surface area contributed by atoms with Gasteiger partial charge >= 0.3 is 0 Å². The minimum absolute atomic E-state index is 0.0197. The van der Waals surface area contributed by atoms with E-state index < -0.39 is 4.92 Å². The zero-order chi connectivity index (χ0) is 18.8. The van der Waals surface area contributed by atoms with Gasteiger partial charge in [0, 0.05) is 10.9 Å². The number of aryl methyl sites for hydroxylation is 2. The van der Waals surface area contributed by atoms with Gasteiger partial charge in [0.15, 0.2) is 0 Å². The predicted molar refractivity (Wildman–Crippen MR) is 104 cm³/mol. The molecule has 2 heterocycles. The van der Waals surface area contributed by atoms with Crippen molar-refractivity contribution in [1.82, 2.24) is 9.55 Å². The average Bonchev–Trinajstić information content (AvgIpc) is 2.86. The SMILES string of the molecule is O=c1c2c3c(sc2ncn1CCOc1cccc([N+](=O)[O-])c1)CCCCC3. The summed E-state index contributed by atoms with van der Waals surface area (Å²) in [6.45, 7) is 0.579. The van der Waals surface area contributed by atoms with E-state index in [1.54, 1.807) is 34.4 Å². The molecule has 2 aromatic heterocycles. The van der Waals surface area contributed by atoms with Crippen LogP contribution in [-0.2, 0) is 19.4 Å². The third-order valence-electron chi connectivity index (χ3n) is 4.82. The van der Waals surface area contributed by atoms with Gasteiger partial charge in [0.2, 0.25) is 0 Å². The highest BCUT2D eigenvalue weighted by molar-refractivity contribution is 7.18. The van der Waals surface area contributed by atoms with Crippen LogP contribution in [0, 0.1) is 10.1 Å². The van der Waals surface area contributed by atoms with E-state index in [2.05, 4.69) is 4.98 Å². The van der Waals surface area contributed by atoms with Crippen LogP contribution in [0.25, 0.3) is 10.2 Å². The summed E-state index contributed by atoms with van der Waals surface area (Å²) in [6, 6.07) is 6.03. The summed E-state index contributed by atoms with van der Waals surface area (Å²) in [7, 11) is 0. The fourth-order valence-electron chi connectivity index (χ4n) is 3.47. The van der Waals surface area contributed by atoms with Crippen molar-refractivity contribution in [2.45, 2.75) is 38.6 Å². The molecule has 4 rings (SSSR count). The minimum Gasteiger partial charge on any atom is -0.491 e. The Kier molecular flexibility index (Phi) is 4.89. The summed E-state index contributed by atoms with van der Waals surface area (Å²) in [5.74, 6) is 0.413. The number of nitro benzene ring substituents is 1. The zero-order valence-corrected chi connectivity index (χ0v) is 15.5. The van der Waals surface area contributed by atoms with Crippen LogP contribution in [-0.4, -0.2) is 21.1 Å². The molecule has 0 spiro atoms. The van der Waals surface area contributed by atoms with Crippen molar-refractivity contribution in [2.75, 3.05) is 6.61 Å². The Morgan fingerprint density at radius 3 is 2.96 bits per heavy atom. The van der Waals surface area contributed by atoms with Gasteiger partial charge in [0.25, 0.3) is 11.2 Å². The van der Waals surface area contributed by atoms with Crippen molar-refractivity contribution >= 4 is 27.2 Å². The highest BCUT2D eigenvalue weighted by Gasteiger charge is 2.19. The van der Waals surface area contributed by atoms with Crippen LogP contribution in [0.5, 0.6) is 5.75 Å². The van der Waals surface area contributed by atoms with Crippen molar-refractivity contribution in [1.29, 1.82) is 0 Å². The normalized spacial score (nSPS) is 13.9. The number of rotatable bonds is 5. The van der Waals surface area contributed by atoms with E-state index in [0.29, 0.717) is 12.3 Å². The number of ether oxygens (including phenoxy) is 1. The number of benzene rings is 1. The molecule has 8 heteroatoms. The van der Waals surface area contributed by atoms with Crippen molar-refractivity contribution in [2.24, 2.45) is 0 Å². The first kappa shape index (κ1) is 17.7. The van der Waals surface area contributed by atoms with Crippen LogP contribution in [0.2, 0.25) is 0 Å². The van der Waals surface area contributed by atoms with Crippen LogP contribution >= 0.6 is 11.3 Å². The first-order valence-electron chi connectivity index (χ1n) is 9.00. The molecule has 27 heavy (non-hydrogen) atoms. The molecule has 0 radical (unpaired) electrons. The van der Waals surface area contributed by atoms with Gasteiger partial charge in [0.05, 0.1) is 29.2 Å². The lowest BCUT2D eigenvalue weighted by molar-refractivity contribution is -0.384. The second kappa shape index (κ2) is 7.48. The number of aromatic nitrogens is 2. The van der Waals surface area contributed by atoms with Gasteiger partial charge in [-0.1, -0.05) is 12.5 Å². The van der Waals surface area contributed by atoms with E-state index in [1.165, 1.54) is 35.4 Å². The lowest BCUT2D eigenvalue weighted by Gasteiger charge is -2.08. The molecule has 1 aromatic carbocycles. The number of hydrogen-bond donors (Lipinski definition) is 0. The molecule has 0 saturated carbocycles. The third-order valence-corrected chi connectivity index (χ3v) is 6.02.